The lowest BCUT2D eigenvalue weighted by Crippen LogP contribution is -2.24. The molecule has 0 unspecified atom stereocenters. The van der Waals surface area contributed by atoms with Gasteiger partial charge in [-0.25, -0.2) is 10.2 Å². The van der Waals surface area contributed by atoms with Gasteiger partial charge in [0.2, 0.25) is 0 Å². The number of amides is 2. The van der Waals surface area contributed by atoms with Gasteiger partial charge in [0.1, 0.15) is 0 Å². The van der Waals surface area contributed by atoms with E-state index in [1.807, 2.05) is 44.2 Å². The van der Waals surface area contributed by atoms with E-state index in [2.05, 4.69) is 31.0 Å². The van der Waals surface area contributed by atoms with Gasteiger partial charge in [-0.15, -0.1) is 0 Å². The van der Waals surface area contributed by atoms with Gasteiger partial charge in [0.05, 0.1) is 6.21 Å². The summed E-state index contributed by atoms with van der Waals surface area (Å²) >= 11 is 3.43. The third-order valence-corrected chi connectivity index (χ3v) is 3.46. The van der Waals surface area contributed by atoms with Gasteiger partial charge in [0, 0.05) is 27.1 Å². The number of carbonyl (C=O) groups excluding carboxylic acids is 1. The average molecular weight is 335 g/mol. The molecule has 0 atom stereocenters. The van der Waals surface area contributed by atoms with Crippen molar-refractivity contribution < 1.29 is 4.79 Å². The second-order valence-corrected chi connectivity index (χ2v) is 5.29. The van der Waals surface area contributed by atoms with Crippen molar-refractivity contribution in [2.75, 3.05) is 0 Å². The Morgan fingerprint density at radius 2 is 2.00 bits per heavy atom. The summed E-state index contributed by atoms with van der Waals surface area (Å²) in [5, 5.41) is 3.79. The quantitative estimate of drug-likeness (QED) is 0.657. The van der Waals surface area contributed by atoms with E-state index in [0.717, 1.165) is 27.1 Å². The van der Waals surface area contributed by atoms with Gasteiger partial charge < -0.3 is 10.3 Å². The predicted octanol–water partition coefficient (Wildman–Crippen LogP) is 2.86. The Morgan fingerprint density at radius 3 is 2.60 bits per heavy atom. The van der Waals surface area contributed by atoms with E-state index in [9.17, 15) is 4.79 Å². The van der Waals surface area contributed by atoms with Crippen LogP contribution in [0.1, 0.15) is 17.0 Å². The average Bonchev–Trinajstić information content (AvgIpc) is 2.66. The van der Waals surface area contributed by atoms with Crippen LogP contribution < -0.4 is 11.2 Å². The molecular weight excluding hydrogens is 320 g/mol. The summed E-state index contributed by atoms with van der Waals surface area (Å²) in [6.45, 7) is 4.02. The normalized spacial score (nSPS) is 10.9. The van der Waals surface area contributed by atoms with Crippen molar-refractivity contribution in [2.24, 2.45) is 10.8 Å². The molecule has 2 aromatic rings. The van der Waals surface area contributed by atoms with Gasteiger partial charge >= 0.3 is 6.03 Å². The fourth-order valence-electron chi connectivity index (χ4n) is 2.07. The van der Waals surface area contributed by atoms with E-state index in [-0.39, 0.29) is 0 Å². The molecule has 0 aliphatic rings. The van der Waals surface area contributed by atoms with Crippen LogP contribution in [-0.2, 0) is 0 Å². The Bertz CT molecular complexity index is 659. The first-order valence-electron chi connectivity index (χ1n) is 6.02. The molecular formula is C14H15BrN4O. The maximum Gasteiger partial charge on any atom is 0.332 e. The largest absolute Gasteiger partial charge is 0.350 e. The van der Waals surface area contributed by atoms with Crippen molar-refractivity contribution >= 4 is 28.2 Å². The standard InChI is InChI=1S/C14H15BrN4O/c1-9-7-11(8-17-18-14(16)20)10(2)19(9)13-5-3-12(15)4-6-13/h3-8H,1-2H3,(H3,16,18,20)/b17-8-. The third-order valence-electron chi connectivity index (χ3n) is 2.93. The second-order valence-electron chi connectivity index (χ2n) is 4.37. The number of benzene rings is 1. The van der Waals surface area contributed by atoms with Crippen LogP contribution in [0, 0.1) is 13.8 Å². The van der Waals surface area contributed by atoms with Crippen LogP contribution in [0.5, 0.6) is 0 Å². The zero-order valence-corrected chi connectivity index (χ0v) is 12.8. The lowest BCUT2D eigenvalue weighted by Gasteiger charge is -2.09. The van der Waals surface area contributed by atoms with Crippen LogP contribution in [0.2, 0.25) is 0 Å². The number of rotatable bonds is 3. The minimum absolute atomic E-state index is 0.678. The van der Waals surface area contributed by atoms with Crippen LogP contribution >= 0.6 is 15.9 Å². The Hall–Kier alpha value is -2.08. The zero-order valence-electron chi connectivity index (χ0n) is 11.2. The summed E-state index contributed by atoms with van der Waals surface area (Å²) in [7, 11) is 0. The third kappa shape index (κ3) is 3.08. The molecule has 20 heavy (non-hydrogen) atoms. The summed E-state index contributed by atoms with van der Waals surface area (Å²) in [6, 6.07) is 9.39. The molecule has 0 saturated heterocycles. The van der Waals surface area contributed by atoms with E-state index in [1.54, 1.807) is 6.21 Å². The van der Waals surface area contributed by atoms with Gasteiger partial charge in [-0.2, -0.15) is 5.10 Å². The maximum atomic E-state index is 10.6. The molecule has 0 fully saturated rings. The van der Waals surface area contributed by atoms with E-state index in [0.29, 0.717) is 0 Å². The first kappa shape index (κ1) is 14.3. The molecule has 6 heteroatoms. The molecule has 0 radical (unpaired) electrons. The summed E-state index contributed by atoms with van der Waals surface area (Å²) in [5.41, 5.74) is 11.3. The zero-order chi connectivity index (χ0) is 14.7. The van der Waals surface area contributed by atoms with E-state index < -0.39 is 6.03 Å². The van der Waals surface area contributed by atoms with E-state index in [1.165, 1.54) is 0 Å². The lowest BCUT2D eigenvalue weighted by molar-refractivity contribution is 0.249. The van der Waals surface area contributed by atoms with Crippen molar-refractivity contribution in [1.82, 2.24) is 9.99 Å². The van der Waals surface area contributed by atoms with Gasteiger partial charge in [-0.1, -0.05) is 15.9 Å². The number of nitrogens with two attached hydrogens (primary N) is 1. The van der Waals surface area contributed by atoms with Crippen LogP contribution in [0.15, 0.2) is 39.9 Å². The highest BCUT2D eigenvalue weighted by molar-refractivity contribution is 9.10. The minimum atomic E-state index is -0.678. The van der Waals surface area contributed by atoms with Crippen molar-refractivity contribution in [2.45, 2.75) is 13.8 Å². The highest BCUT2D eigenvalue weighted by Gasteiger charge is 2.09. The number of aryl methyl sites for hydroxylation is 1. The Balaban J connectivity index is 2.36. The SMILES string of the molecule is Cc1cc(/C=N\NC(N)=O)c(C)n1-c1ccc(Br)cc1. The highest BCUT2D eigenvalue weighted by Crippen LogP contribution is 2.21. The first-order valence-corrected chi connectivity index (χ1v) is 6.81. The molecule has 5 nitrogen and oxygen atoms in total. The maximum absolute atomic E-state index is 10.6. The Labute approximate surface area is 125 Å². The number of halogens is 1. The highest BCUT2D eigenvalue weighted by atomic mass is 79.9. The molecule has 0 bridgehead atoms. The number of aromatic nitrogens is 1. The Kier molecular flexibility index (Phi) is 4.24. The van der Waals surface area contributed by atoms with Crippen LogP contribution in [-0.4, -0.2) is 16.8 Å². The number of carbonyl (C=O) groups is 1. The fraction of sp³-hybridized carbons (Fsp3) is 0.143. The monoisotopic (exact) mass is 334 g/mol. The number of urea groups is 1. The topological polar surface area (TPSA) is 72.4 Å². The van der Waals surface area contributed by atoms with Crippen molar-refractivity contribution in [3.05, 3.63) is 51.8 Å². The van der Waals surface area contributed by atoms with Crippen molar-refractivity contribution in [3.8, 4) is 5.69 Å². The minimum Gasteiger partial charge on any atom is -0.350 e. The molecule has 104 valence electrons. The molecule has 1 aromatic heterocycles. The number of nitrogens with zero attached hydrogens (tertiary/aromatic N) is 2. The smallest absolute Gasteiger partial charge is 0.332 e. The number of hydrazone groups is 1. The van der Waals surface area contributed by atoms with Crippen molar-refractivity contribution in [3.63, 3.8) is 0 Å². The van der Waals surface area contributed by atoms with Gasteiger partial charge in [0.15, 0.2) is 0 Å². The van der Waals surface area contributed by atoms with Crippen LogP contribution in [0.3, 0.4) is 0 Å². The molecule has 2 rings (SSSR count). The van der Waals surface area contributed by atoms with Crippen LogP contribution in [0.25, 0.3) is 5.69 Å². The predicted molar refractivity (Wildman–Crippen MR) is 83.3 cm³/mol. The first-order chi connectivity index (χ1) is 9.49. The molecule has 0 saturated carbocycles. The van der Waals surface area contributed by atoms with Gasteiger partial charge in [-0.3, -0.25) is 0 Å². The molecule has 1 heterocycles. The molecule has 2 amide bonds. The summed E-state index contributed by atoms with van der Waals surface area (Å²) < 4.78 is 3.16. The number of nitrogens with one attached hydrogen (secondary N) is 1. The molecule has 0 spiro atoms. The molecule has 3 N–H and O–H groups in total. The van der Waals surface area contributed by atoms with Gasteiger partial charge in [-0.05, 0) is 44.2 Å². The van der Waals surface area contributed by atoms with Crippen molar-refractivity contribution in [1.29, 1.82) is 0 Å². The summed E-state index contributed by atoms with van der Waals surface area (Å²) in [5.74, 6) is 0. The Morgan fingerprint density at radius 1 is 1.35 bits per heavy atom. The molecule has 0 aliphatic carbocycles. The lowest BCUT2D eigenvalue weighted by atomic mass is 10.2. The molecule has 1 aromatic carbocycles. The van der Waals surface area contributed by atoms with E-state index in [4.69, 9.17) is 5.73 Å². The van der Waals surface area contributed by atoms with Crippen LogP contribution in [0.4, 0.5) is 4.79 Å². The number of hydrogen-bond acceptors (Lipinski definition) is 2. The second kappa shape index (κ2) is 5.92. The van der Waals surface area contributed by atoms with E-state index >= 15 is 0 Å². The number of hydrogen-bond donors (Lipinski definition) is 2. The fourth-order valence-corrected chi connectivity index (χ4v) is 2.34. The summed E-state index contributed by atoms with van der Waals surface area (Å²) in [4.78, 5) is 10.6. The van der Waals surface area contributed by atoms with Gasteiger partial charge in [0.25, 0.3) is 0 Å². The molecule has 0 aliphatic heterocycles. The number of primary amides is 1. The summed E-state index contributed by atoms with van der Waals surface area (Å²) in [6.07, 6.45) is 1.59.